The van der Waals surface area contributed by atoms with Gasteiger partial charge in [-0.2, -0.15) is 0 Å². The zero-order valence-corrected chi connectivity index (χ0v) is 18.7. The van der Waals surface area contributed by atoms with Crippen LogP contribution in [0.4, 0.5) is 17.6 Å². The molecule has 3 aromatic carbocycles. The van der Waals surface area contributed by atoms with Gasteiger partial charge in [-0.3, -0.25) is 0 Å². The third kappa shape index (κ3) is 5.23. The quantitative estimate of drug-likeness (QED) is 0.323. The van der Waals surface area contributed by atoms with E-state index in [4.69, 9.17) is 0 Å². The lowest BCUT2D eigenvalue weighted by Gasteiger charge is -2.28. The Morgan fingerprint density at radius 3 is 1.94 bits per heavy atom. The highest BCUT2D eigenvalue weighted by Crippen LogP contribution is 2.38. The molecule has 33 heavy (non-hydrogen) atoms. The molecule has 1 saturated carbocycles. The van der Waals surface area contributed by atoms with Crippen molar-refractivity contribution in [2.45, 2.75) is 51.4 Å². The van der Waals surface area contributed by atoms with Gasteiger partial charge in [-0.15, -0.1) is 0 Å². The first kappa shape index (κ1) is 23.3. The number of hydrogen-bond donors (Lipinski definition) is 0. The molecule has 4 rings (SSSR count). The molecule has 0 bridgehead atoms. The van der Waals surface area contributed by atoms with Crippen molar-refractivity contribution in [3.05, 3.63) is 77.6 Å². The van der Waals surface area contributed by atoms with Crippen LogP contribution in [0, 0.1) is 23.4 Å². The average Bonchev–Trinajstić information content (AvgIpc) is 2.82. The van der Waals surface area contributed by atoms with Crippen LogP contribution in [0.15, 0.2) is 54.6 Å². The lowest BCUT2D eigenvalue weighted by Crippen LogP contribution is -2.13. The number of rotatable bonds is 7. The molecule has 1 fully saturated rings. The lowest BCUT2D eigenvalue weighted by atomic mass is 9.77. The maximum Gasteiger partial charge on any atom is 0.228 e. The molecule has 0 aromatic heterocycles. The van der Waals surface area contributed by atoms with Crippen LogP contribution in [0.3, 0.4) is 0 Å². The second-order valence-corrected chi connectivity index (χ2v) is 8.85. The predicted molar refractivity (Wildman–Crippen MR) is 123 cm³/mol. The molecule has 0 amide bonds. The molecule has 0 aliphatic heterocycles. The van der Waals surface area contributed by atoms with E-state index in [1.165, 1.54) is 56.2 Å². The van der Waals surface area contributed by atoms with Gasteiger partial charge in [-0.25, -0.2) is 17.6 Å². The monoisotopic (exact) mass is 456 g/mol. The van der Waals surface area contributed by atoms with Gasteiger partial charge in [0.05, 0.1) is 0 Å². The highest BCUT2D eigenvalue weighted by molar-refractivity contribution is 5.71. The number of ether oxygens (including phenoxy) is 1. The summed E-state index contributed by atoms with van der Waals surface area (Å²) in [6.07, 6.45) is 7.58. The largest absolute Gasteiger partial charge is 0.457 e. The van der Waals surface area contributed by atoms with Crippen LogP contribution >= 0.6 is 0 Å². The Balaban J connectivity index is 1.50. The van der Waals surface area contributed by atoms with Crippen LogP contribution in [0.1, 0.15) is 56.9 Å². The van der Waals surface area contributed by atoms with E-state index in [1.807, 2.05) is 12.1 Å². The molecule has 0 radical (unpaired) electrons. The Hall–Kier alpha value is -2.82. The smallest absolute Gasteiger partial charge is 0.228 e. The Kier molecular flexibility index (Phi) is 7.36. The van der Waals surface area contributed by atoms with Crippen molar-refractivity contribution < 1.29 is 22.3 Å². The third-order valence-electron chi connectivity index (χ3n) is 6.74. The summed E-state index contributed by atoms with van der Waals surface area (Å²) in [5.74, 6) is -2.11. The predicted octanol–water partition coefficient (Wildman–Crippen LogP) is 8.82. The van der Waals surface area contributed by atoms with Gasteiger partial charge in [0.15, 0.2) is 17.4 Å². The van der Waals surface area contributed by atoms with Gasteiger partial charge in [-0.05, 0) is 78.0 Å². The molecule has 0 unspecified atom stereocenters. The Morgan fingerprint density at radius 2 is 1.36 bits per heavy atom. The minimum absolute atomic E-state index is 0.0225. The normalized spacial score (nSPS) is 18.3. The zero-order valence-electron chi connectivity index (χ0n) is 18.7. The number of hydrogen-bond acceptors (Lipinski definition) is 1. The van der Waals surface area contributed by atoms with Gasteiger partial charge < -0.3 is 4.74 Å². The summed E-state index contributed by atoms with van der Waals surface area (Å²) in [6, 6.07) is 14.7. The van der Waals surface area contributed by atoms with Crippen LogP contribution in [0.5, 0.6) is 5.75 Å². The van der Waals surface area contributed by atoms with E-state index in [0.717, 1.165) is 23.6 Å². The molecular formula is C28H28F4O. The molecule has 5 heteroatoms. The zero-order chi connectivity index (χ0) is 23.4. The summed E-state index contributed by atoms with van der Waals surface area (Å²) < 4.78 is 59.6. The van der Waals surface area contributed by atoms with E-state index in [0.29, 0.717) is 11.5 Å². The van der Waals surface area contributed by atoms with Crippen molar-refractivity contribution >= 4 is 0 Å². The fourth-order valence-electron chi connectivity index (χ4n) is 4.98. The maximum atomic E-state index is 14.9. The second kappa shape index (κ2) is 10.4. The SMILES string of the molecule is CCCC1CCC(c2ccc(-c3ccc(-c4cc(F)c(OCF)c(F)c4)c(F)c3)cc2)CC1. The van der Waals surface area contributed by atoms with E-state index in [9.17, 15) is 17.6 Å². The van der Waals surface area contributed by atoms with E-state index in [2.05, 4.69) is 23.8 Å². The van der Waals surface area contributed by atoms with Crippen LogP contribution in [0.25, 0.3) is 22.3 Å². The summed E-state index contributed by atoms with van der Waals surface area (Å²) in [4.78, 5) is 0. The molecule has 0 N–H and O–H groups in total. The van der Waals surface area contributed by atoms with Crippen molar-refractivity contribution in [1.82, 2.24) is 0 Å². The van der Waals surface area contributed by atoms with E-state index in [1.54, 1.807) is 6.07 Å². The minimum atomic E-state index is -1.35. The molecule has 0 atom stereocenters. The minimum Gasteiger partial charge on any atom is -0.457 e. The average molecular weight is 457 g/mol. The Morgan fingerprint density at radius 1 is 0.758 bits per heavy atom. The van der Waals surface area contributed by atoms with E-state index >= 15 is 0 Å². The third-order valence-corrected chi connectivity index (χ3v) is 6.74. The number of halogens is 4. The van der Waals surface area contributed by atoms with Gasteiger partial charge >= 0.3 is 0 Å². The highest BCUT2D eigenvalue weighted by Gasteiger charge is 2.22. The van der Waals surface area contributed by atoms with Crippen LogP contribution < -0.4 is 4.74 Å². The van der Waals surface area contributed by atoms with Crippen molar-refractivity contribution in [2.24, 2.45) is 5.92 Å². The molecule has 0 spiro atoms. The van der Waals surface area contributed by atoms with Gasteiger partial charge in [0.2, 0.25) is 6.86 Å². The maximum absolute atomic E-state index is 14.9. The first-order valence-electron chi connectivity index (χ1n) is 11.6. The molecule has 0 heterocycles. The van der Waals surface area contributed by atoms with Gasteiger partial charge in [0.1, 0.15) is 5.82 Å². The number of benzene rings is 3. The van der Waals surface area contributed by atoms with Gasteiger partial charge in [0, 0.05) is 5.56 Å². The topological polar surface area (TPSA) is 9.23 Å². The Bertz CT molecular complexity index is 1060. The summed E-state index contributed by atoms with van der Waals surface area (Å²) in [7, 11) is 0. The molecule has 174 valence electrons. The van der Waals surface area contributed by atoms with E-state index in [-0.39, 0.29) is 11.1 Å². The standard InChI is InChI=1S/C28H28F4O/c1-2-3-18-4-6-19(7-5-18)20-8-10-21(11-9-20)22-12-13-24(25(30)14-22)23-15-26(31)28(33-17-29)27(32)16-23/h8-16,18-19H,2-7,17H2,1H3. The summed E-state index contributed by atoms with van der Waals surface area (Å²) in [5, 5.41) is 0. The molecule has 1 aliphatic rings. The summed E-state index contributed by atoms with van der Waals surface area (Å²) in [5.41, 5.74) is 2.98. The molecule has 1 aliphatic carbocycles. The van der Waals surface area contributed by atoms with Gasteiger partial charge in [-0.1, -0.05) is 56.2 Å². The van der Waals surface area contributed by atoms with Crippen LogP contribution in [-0.4, -0.2) is 6.86 Å². The van der Waals surface area contributed by atoms with Gasteiger partial charge in [0.25, 0.3) is 0 Å². The van der Waals surface area contributed by atoms with E-state index < -0.39 is 30.1 Å². The van der Waals surface area contributed by atoms with Crippen molar-refractivity contribution in [1.29, 1.82) is 0 Å². The molecular weight excluding hydrogens is 428 g/mol. The summed E-state index contributed by atoms with van der Waals surface area (Å²) in [6.45, 7) is 0.894. The van der Waals surface area contributed by atoms with Crippen LogP contribution in [0.2, 0.25) is 0 Å². The Labute approximate surface area is 192 Å². The molecule has 1 nitrogen and oxygen atoms in total. The fraction of sp³-hybridized carbons (Fsp3) is 0.357. The first-order chi connectivity index (χ1) is 16.0. The molecule has 0 saturated heterocycles. The fourth-order valence-corrected chi connectivity index (χ4v) is 4.98. The van der Waals surface area contributed by atoms with Crippen molar-refractivity contribution in [2.75, 3.05) is 6.86 Å². The highest BCUT2D eigenvalue weighted by atomic mass is 19.1. The summed E-state index contributed by atoms with van der Waals surface area (Å²) >= 11 is 0. The molecule has 3 aromatic rings. The second-order valence-electron chi connectivity index (χ2n) is 8.85. The number of alkyl halides is 1. The lowest BCUT2D eigenvalue weighted by molar-refractivity contribution is 0.176. The van der Waals surface area contributed by atoms with Crippen molar-refractivity contribution in [3.63, 3.8) is 0 Å². The first-order valence-corrected chi connectivity index (χ1v) is 11.6. The van der Waals surface area contributed by atoms with Crippen molar-refractivity contribution in [3.8, 4) is 28.0 Å². The van der Waals surface area contributed by atoms with Crippen LogP contribution in [-0.2, 0) is 0 Å².